The Labute approximate surface area is 117 Å². The molecular weight excluding hydrogens is 298 g/mol. The number of guanidine groups is 1. The zero-order valence-electron chi connectivity index (χ0n) is 9.57. The van der Waals surface area contributed by atoms with Gasteiger partial charge in [-0.3, -0.25) is 5.41 Å². The molecule has 0 unspecified atom stereocenters. The molecule has 0 saturated carbocycles. The maximum Gasteiger partial charge on any atom is 0.387 e. The topological polar surface area (TPSA) is 97.5 Å². The largest absolute Gasteiger partial charge is 0.435 e. The number of alkyl halides is 2. The van der Waals surface area contributed by atoms with Crippen LogP contribution in [0.3, 0.4) is 0 Å². The molecular formula is C10H11ClF2N4OS. The van der Waals surface area contributed by atoms with Gasteiger partial charge >= 0.3 is 6.61 Å². The van der Waals surface area contributed by atoms with Crippen molar-refractivity contribution in [3.63, 3.8) is 0 Å². The van der Waals surface area contributed by atoms with Crippen molar-refractivity contribution >= 4 is 34.5 Å². The highest BCUT2D eigenvalue weighted by Crippen LogP contribution is 2.28. The summed E-state index contributed by atoms with van der Waals surface area (Å²) in [4.78, 5) is 3.50. The average molecular weight is 309 g/mol. The van der Waals surface area contributed by atoms with E-state index in [-0.39, 0.29) is 22.6 Å². The standard InChI is InChI=1S/C10H11ClF2N4OS/c11-6-1-2-7(18-8(12)13)5(3-6)4-19-10(16)17-9(14)15/h1-3,8H,4H2,(H5,14,15,16,17). The van der Waals surface area contributed by atoms with Gasteiger partial charge in [0.05, 0.1) is 0 Å². The molecule has 0 saturated heterocycles. The van der Waals surface area contributed by atoms with Crippen molar-refractivity contribution in [2.45, 2.75) is 12.4 Å². The third kappa shape index (κ3) is 5.75. The van der Waals surface area contributed by atoms with Gasteiger partial charge in [0.15, 0.2) is 11.1 Å². The van der Waals surface area contributed by atoms with Crippen molar-refractivity contribution in [2.24, 2.45) is 16.5 Å². The van der Waals surface area contributed by atoms with Crippen LogP contribution in [-0.2, 0) is 5.75 Å². The highest BCUT2D eigenvalue weighted by molar-refractivity contribution is 8.13. The molecule has 1 aromatic rings. The number of thioether (sulfide) groups is 1. The van der Waals surface area contributed by atoms with E-state index >= 15 is 0 Å². The average Bonchev–Trinajstić information content (AvgIpc) is 2.28. The first-order valence-corrected chi connectivity index (χ1v) is 6.29. The molecule has 9 heteroatoms. The number of ether oxygens (including phenoxy) is 1. The molecule has 0 aliphatic rings. The van der Waals surface area contributed by atoms with Crippen LogP contribution in [0.15, 0.2) is 23.2 Å². The smallest absolute Gasteiger partial charge is 0.387 e. The fourth-order valence-electron chi connectivity index (χ4n) is 1.17. The molecule has 19 heavy (non-hydrogen) atoms. The lowest BCUT2D eigenvalue weighted by atomic mass is 10.2. The fourth-order valence-corrected chi connectivity index (χ4v) is 2.05. The number of amidine groups is 1. The van der Waals surface area contributed by atoms with Gasteiger partial charge in [0, 0.05) is 16.3 Å². The van der Waals surface area contributed by atoms with E-state index in [1.807, 2.05) is 0 Å². The molecule has 0 spiro atoms. The summed E-state index contributed by atoms with van der Waals surface area (Å²) in [7, 11) is 0. The second-order valence-corrected chi connectivity index (χ2v) is 4.66. The zero-order valence-corrected chi connectivity index (χ0v) is 11.1. The van der Waals surface area contributed by atoms with Crippen LogP contribution in [0, 0.1) is 5.41 Å². The summed E-state index contributed by atoms with van der Waals surface area (Å²) in [6.45, 7) is -2.93. The van der Waals surface area contributed by atoms with Gasteiger partial charge in [-0.05, 0) is 18.2 Å². The molecule has 1 rings (SSSR count). The molecule has 0 heterocycles. The Morgan fingerprint density at radius 3 is 2.74 bits per heavy atom. The number of hydrogen-bond donors (Lipinski definition) is 3. The normalized spacial score (nSPS) is 10.3. The monoisotopic (exact) mass is 308 g/mol. The number of hydrogen-bond acceptors (Lipinski definition) is 3. The lowest BCUT2D eigenvalue weighted by Gasteiger charge is -2.10. The van der Waals surface area contributed by atoms with Crippen LogP contribution in [0.25, 0.3) is 0 Å². The van der Waals surface area contributed by atoms with E-state index in [0.717, 1.165) is 11.8 Å². The van der Waals surface area contributed by atoms with Gasteiger partial charge in [0.2, 0.25) is 0 Å². The Hall–Kier alpha value is -1.54. The number of nitrogens with one attached hydrogen (secondary N) is 1. The molecule has 0 amide bonds. The number of nitrogens with two attached hydrogens (primary N) is 2. The molecule has 0 atom stereocenters. The van der Waals surface area contributed by atoms with Crippen molar-refractivity contribution < 1.29 is 13.5 Å². The van der Waals surface area contributed by atoms with Gasteiger partial charge in [-0.15, -0.1) is 0 Å². The lowest BCUT2D eigenvalue weighted by molar-refractivity contribution is -0.0503. The van der Waals surface area contributed by atoms with Gasteiger partial charge in [-0.2, -0.15) is 13.8 Å². The Kier molecular flexibility index (Phi) is 5.84. The summed E-state index contributed by atoms with van der Waals surface area (Å²) in [6, 6.07) is 4.26. The van der Waals surface area contributed by atoms with Crippen LogP contribution in [0.2, 0.25) is 5.02 Å². The number of rotatable bonds is 4. The summed E-state index contributed by atoms with van der Waals surface area (Å²) < 4.78 is 28.8. The van der Waals surface area contributed by atoms with Gasteiger partial charge in [-0.25, -0.2) is 0 Å². The van der Waals surface area contributed by atoms with Gasteiger partial charge < -0.3 is 16.2 Å². The second-order valence-electron chi connectivity index (χ2n) is 3.26. The second kappa shape index (κ2) is 7.15. The van der Waals surface area contributed by atoms with Crippen LogP contribution in [-0.4, -0.2) is 17.7 Å². The minimum atomic E-state index is -2.93. The van der Waals surface area contributed by atoms with E-state index in [1.54, 1.807) is 0 Å². The van der Waals surface area contributed by atoms with E-state index < -0.39 is 6.61 Å². The predicted molar refractivity (Wildman–Crippen MR) is 72.9 cm³/mol. The van der Waals surface area contributed by atoms with Crippen molar-refractivity contribution in [3.8, 4) is 5.75 Å². The maximum absolute atomic E-state index is 12.2. The van der Waals surface area contributed by atoms with Gasteiger partial charge in [-0.1, -0.05) is 23.4 Å². The Balaban J connectivity index is 2.78. The zero-order chi connectivity index (χ0) is 14.4. The molecule has 1 aromatic carbocycles. The minimum absolute atomic E-state index is 0.00407. The van der Waals surface area contributed by atoms with Crippen LogP contribution in [0.4, 0.5) is 8.78 Å². The van der Waals surface area contributed by atoms with Crippen molar-refractivity contribution in [1.82, 2.24) is 0 Å². The summed E-state index contributed by atoms with van der Waals surface area (Å²) in [5.41, 5.74) is 10.6. The predicted octanol–water partition coefficient (Wildman–Crippen LogP) is 2.38. The fraction of sp³-hybridized carbons (Fsp3) is 0.200. The molecule has 0 aliphatic carbocycles. The molecule has 5 N–H and O–H groups in total. The van der Waals surface area contributed by atoms with Crippen molar-refractivity contribution in [1.29, 1.82) is 5.41 Å². The Bertz CT molecular complexity index is 494. The maximum atomic E-state index is 12.2. The van der Waals surface area contributed by atoms with Gasteiger partial charge in [0.1, 0.15) is 5.75 Å². The van der Waals surface area contributed by atoms with Crippen LogP contribution in [0.1, 0.15) is 5.56 Å². The van der Waals surface area contributed by atoms with E-state index in [0.29, 0.717) is 10.6 Å². The molecule has 0 aromatic heterocycles. The summed E-state index contributed by atoms with van der Waals surface area (Å²) in [5.74, 6) is -0.0600. The summed E-state index contributed by atoms with van der Waals surface area (Å²) >= 11 is 6.74. The van der Waals surface area contributed by atoms with E-state index in [1.165, 1.54) is 18.2 Å². The first kappa shape index (κ1) is 15.5. The number of nitrogens with zero attached hydrogens (tertiary/aromatic N) is 1. The van der Waals surface area contributed by atoms with Crippen LogP contribution >= 0.6 is 23.4 Å². The molecule has 0 fully saturated rings. The van der Waals surface area contributed by atoms with Gasteiger partial charge in [0.25, 0.3) is 0 Å². The molecule has 0 radical (unpaired) electrons. The van der Waals surface area contributed by atoms with Crippen molar-refractivity contribution in [3.05, 3.63) is 28.8 Å². The summed E-state index contributed by atoms with van der Waals surface area (Å²) in [6.07, 6.45) is 0. The molecule has 104 valence electrons. The molecule has 0 aliphatic heterocycles. The highest BCUT2D eigenvalue weighted by Gasteiger charge is 2.11. The summed E-state index contributed by atoms with van der Waals surface area (Å²) in [5, 5.41) is 7.67. The minimum Gasteiger partial charge on any atom is -0.435 e. The first-order chi connectivity index (χ1) is 8.88. The van der Waals surface area contributed by atoms with E-state index in [4.69, 9.17) is 28.5 Å². The number of aliphatic imine (C=N–C) groups is 1. The lowest BCUT2D eigenvalue weighted by Crippen LogP contribution is -2.23. The van der Waals surface area contributed by atoms with Crippen LogP contribution in [0.5, 0.6) is 5.75 Å². The van der Waals surface area contributed by atoms with Crippen molar-refractivity contribution in [2.75, 3.05) is 0 Å². The van der Waals surface area contributed by atoms with Crippen LogP contribution < -0.4 is 16.2 Å². The SMILES string of the molecule is N=C(N=C(N)N)SCc1cc(Cl)ccc1OC(F)F. The number of benzene rings is 1. The third-order valence-corrected chi connectivity index (χ3v) is 2.89. The van der Waals surface area contributed by atoms with E-state index in [2.05, 4.69) is 9.73 Å². The number of halogens is 3. The Morgan fingerprint density at radius 1 is 1.47 bits per heavy atom. The molecule has 5 nitrogen and oxygen atoms in total. The molecule has 0 bridgehead atoms. The van der Waals surface area contributed by atoms with E-state index in [9.17, 15) is 8.78 Å². The quantitative estimate of drug-likeness (QED) is 0.587. The first-order valence-electron chi connectivity index (χ1n) is 4.92. The highest BCUT2D eigenvalue weighted by atomic mass is 35.5. The Morgan fingerprint density at radius 2 is 2.16 bits per heavy atom. The third-order valence-electron chi connectivity index (χ3n) is 1.83.